The zero-order valence-corrected chi connectivity index (χ0v) is 10.6. The number of aliphatic hydroxyl groups excluding tert-OH is 1. The van der Waals surface area contributed by atoms with E-state index in [0.29, 0.717) is 11.1 Å². The maximum atomic E-state index is 11.9. The van der Waals surface area contributed by atoms with Gasteiger partial charge in [-0.2, -0.15) is 0 Å². The lowest BCUT2D eigenvalue weighted by Crippen LogP contribution is -2.26. The van der Waals surface area contributed by atoms with Crippen LogP contribution in [0.3, 0.4) is 0 Å². The van der Waals surface area contributed by atoms with Crippen molar-refractivity contribution in [3.8, 4) is 0 Å². The van der Waals surface area contributed by atoms with Crippen LogP contribution in [0.15, 0.2) is 33.5 Å². The summed E-state index contributed by atoms with van der Waals surface area (Å²) in [4.78, 5) is 13.9. The Morgan fingerprint density at radius 1 is 1.22 bits per heavy atom. The van der Waals surface area contributed by atoms with E-state index in [0.717, 1.165) is 24.2 Å². The maximum absolute atomic E-state index is 11.9. The number of aliphatic hydroxyl groups is 1. The number of rotatable bonds is 4. The molecule has 0 unspecified atom stereocenters. The fraction of sp³-hybridized carbons (Fsp3) is 0.357. The highest BCUT2D eigenvalue weighted by Gasteiger charge is 2.17. The molecule has 4 heteroatoms. The van der Waals surface area contributed by atoms with Gasteiger partial charge in [-0.3, -0.25) is 0 Å². The number of para-hydroxylation sites is 1. The van der Waals surface area contributed by atoms with E-state index >= 15 is 0 Å². The molecule has 0 fully saturated rings. The second-order valence-corrected chi connectivity index (χ2v) is 4.04. The molecule has 4 nitrogen and oxygen atoms in total. The summed E-state index contributed by atoms with van der Waals surface area (Å²) >= 11 is 0. The van der Waals surface area contributed by atoms with Crippen LogP contribution >= 0.6 is 0 Å². The highest BCUT2D eigenvalue weighted by atomic mass is 16.4. The molecule has 0 aliphatic carbocycles. The lowest BCUT2D eigenvalue weighted by molar-refractivity contribution is 0.276. The van der Waals surface area contributed by atoms with Crippen molar-refractivity contribution in [2.24, 2.45) is 0 Å². The van der Waals surface area contributed by atoms with Crippen LogP contribution in [0.2, 0.25) is 0 Å². The van der Waals surface area contributed by atoms with Crippen LogP contribution in [-0.2, 0) is 6.61 Å². The van der Waals surface area contributed by atoms with Gasteiger partial charge in [0.15, 0.2) is 0 Å². The van der Waals surface area contributed by atoms with E-state index in [4.69, 9.17) is 4.42 Å². The summed E-state index contributed by atoms with van der Waals surface area (Å²) in [6, 6.07) is 7.41. The highest BCUT2D eigenvalue weighted by Crippen LogP contribution is 2.28. The third-order valence-electron chi connectivity index (χ3n) is 3.11. The monoisotopic (exact) mass is 247 g/mol. The smallest absolute Gasteiger partial charge is 0.343 e. The van der Waals surface area contributed by atoms with E-state index in [1.165, 1.54) is 0 Å². The van der Waals surface area contributed by atoms with Gasteiger partial charge in [0.1, 0.15) is 5.58 Å². The Morgan fingerprint density at radius 2 is 1.89 bits per heavy atom. The summed E-state index contributed by atoms with van der Waals surface area (Å²) in [5.41, 5.74) is 1.21. The molecule has 0 saturated carbocycles. The Kier molecular flexibility index (Phi) is 3.67. The molecule has 0 radical (unpaired) electrons. The second kappa shape index (κ2) is 5.23. The summed E-state index contributed by atoms with van der Waals surface area (Å²) in [6.45, 7) is 5.29. The summed E-state index contributed by atoms with van der Waals surface area (Å²) in [5, 5.41) is 10.3. The summed E-state index contributed by atoms with van der Waals surface area (Å²) in [6.07, 6.45) is 0. The van der Waals surface area contributed by atoms with Gasteiger partial charge in [0.25, 0.3) is 0 Å². The lowest BCUT2D eigenvalue weighted by atomic mass is 10.1. The van der Waals surface area contributed by atoms with Crippen LogP contribution in [0.4, 0.5) is 5.69 Å². The summed E-state index contributed by atoms with van der Waals surface area (Å²) < 4.78 is 5.22. The van der Waals surface area contributed by atoms with E-state index in [9.17, 15) is 9.90 Å². The van der Waals surface area contributed by atoms with Gasteiger partial charge in [-0.1, -0.05) is 12.1 Å². The first-order valence-corrected chi connectivity index (χ1v) is 6.13. The number of benzene rings is 1. The van der Waals surface area contributed by atoms with E-state index < -0.39 is 5.63 Å². The van der Waals surface area contributed by atoms with Gasteiger partial charge in [0.05, 0.1) is 17.9 Å². The minimum absolute atomic E-state index is 0.307. The van der Waals surface area contributed by atoms with Gasteiger partial charge in [-0.25, -0.2) is 4.79 Å². The van der Waals surface area contributed by atoms with Crippen LogP contribution in [0, 0.1) is 0 Å². The maximum Gasteiger partial charge on any atom is 0.343 e. The van der Waals surface area contributed by atoms with Gasteiger partial charge in [-0.15, -0.1) is 0 Å². The third kappa shape index (κ3) is 1.99. The number of fused-ring (bicyclic) bond motifs is 1. The van der Waals surface area contributed by atoms with Crippen LogP contribution < -0.4 is 10.5 Å². The Hall–Kier alpha value is -1.81. The van der Waals surface area contributed by atoms with Crippen molar-refractivity contribution in [1.29, 1.82) is 0 Å². The zero-order valence-electron chi connectivity index (χ0n) is 10.6. The normalized spacial score (nSPS) is 10.8. The molecule has 0 saturated heterocycles. The Morgan fingerprint density at radius 3 is 2.50 bits per heavy atom. The first kappa shape index (κ1) is 12.6. The fourth-order valence-electron chi connectivity index (χ4n) is 2.21. The van der Waals surface area contributed by atoms with Gasteiger partial charge < -0.3 is 14.4 Å². The first-order valence-electron chi connectivity index (χ1n) is 6.13. The summed E-state index contributed by atoms with van der Waals surface area (Å²) in [5.74, 6) is 0. The minimum Gasteiger partial charge on any atom is -0.422 e. The van der Waals surface area contributed by atoms with Gasteiger partial charge >= 0.3 is 5.63 Å². The van der Waals surface area contributed by atoms with E-state index in [-0.39, 0.29) is 6.61 Å². The van der Waals surface area contributed by atoms with Crippen molar-refractivity contribution in [3.05, 3.63) is 40.2 Å². The summed E-state index contributed by atoms with van der Waals surface area (Å²) in [7, 11) is 0. The number of hydrogen-bond donors (Lipinski definition) is 1. The standard InChI is InChI=1S/C14H17NO3/c1-3-15(4-2)13-10-7-5-6-8-12(10)18-14(17)11(13)9-16/h5-8,16H,3-4,9H2,1-2H3. The van der Waals surface area contributed by atoms with E-state index in [1.807, 2.05) is 32.0 Å². The molecule has 18 heavy (non-hydrogen) atoms. The largest absolute Gasteiger partial charge is 0.422 e. The Labute approximate surface area is 105 Å². The van der Waals surface area contributed by atoms with E-state index in [1.54, 1.807) is 6.07 Å². The Bertz CT molecular complexity index is 600. The van der Waals surface area contributed by atoms with Crippen molar-refractivity contribution in [1.82, 2.24) is 0 Å². The number of hydrogen-bond acceptors (Lipinski definition) is 4. The van der Waals surface area contributed by atoms with E-state index in [2.05, 4.69) is 4.90 Å². The topological polar surface area (TPSA) is 53.7 Å². The van der Waals surface area contributed by atoms with Crippen LogP contribution in [0.25, 0.3) is 11.0 Å². The van der Waals surface area contributed by atoms with Gasteiger partial charge in [-0.05, 0) is 26.0 Å². The fourth-order valence-corrected chi connectivity index (χ4v) is 2.21. The van der Waals surface area contributed by atoms with Crippen molar-refractivity contribution in [3.63, 3.8) is 0 Å². The molecule has 0 bridgehead atoms. The second-order valence-electron chi connectivity index (χ2n) is 4.04. The van der Waals surface area contributed by atoms with Crippen LogP contribution in [0.5, 0.6) is 0 Å². The number of anilines is 1. The molecule has 1 heterocycles. The molecule has 0 atom stereocenters. The minimum atomic E-state index is -0.460. The lowest BCUT2D eigenvalue weighted by Gasteiger charge is -2.24. The molecule has 1 aromatic carbocycles. The highest BCUT2D eigenvalue weighted by molar-refractivity contribution is 5.91. The molecule has 1 N–H and O–H groups in total. The first-order chi connectivity index (χ1) is 8.72. The Balaban J connectivity index is 2.84. The molecule has 2 rings (SSSR count). The molecule has 1 aromatic heterocycles. The molecular formula is C14H17NO3. The molecule has 0 aliphatic heterocycles. The van der Waals surface area contributed by atoms with Crippen molar-refractivity contribution in [2.75, 3.05) is 18.0 Å². The molecule has 0 amide bonds. The quantitative estimate of drug-likeness (QED) is 0.841. The molecule has 2 aromatic rings. The molecular weight excluding hydrogens is 230 g/mol. The van der Waals surface area contributed by atoms with Crippen LogP contribution in [0.1, 0.15) is 19.4 Å². The number of nitrogens with zero attached hydrogens (tertiary/aromatic N) is 1. The predicted octanol–water partition coefficient (Wildman–Crippen LogP) is 2.13. The average molecular weight is 247 g/mol. The molecule has 96 valence electrons. The predicted molar refractivity (Wildman–Crippen MR) is 72.0 cm³/mol. The third-order valence-corrected chi connectivity index (χ3v) is 3.11. The van der Waals surface area contributed by atoms with Crippen molar-refractivity contribution < 1.29 is 9.52 Å². The van der Waals surface area contributed by atoms with Crippen molar-refractivity contribution in [2.45, 2.75) is 20.5 Å². The zero-order chi connectivity index (χ0) is 13.1. The van der Waals surface area contributed by atoms with Gasteiger partial charge in [0.2, 0.25) is 0 Å². The van der Waals surface area contributed by atoms with Gasteiger partial charge in [0, 0.05) is 18.5 Å². The van der Waals surface area contributed by atoms with Crippen LogP contribution in [-0.4, -0.2) is 18.2 Å². The van der Waals surface area contributed by atoms with Crippen molar-refractivity contribution >= 4 is 16.7 Å². The average Bonchev–Trinajstić information content (AvgIpc) is 2.40. The molecule has 0 aliphatic rings. The molecule has 0 spiro atoms. The SMILES string of the molecule is CCN(CC)c1c(CO)c(=O)oc2ccccc12.